The van der Waals surface area contributed by atoms with Crippen LogP contribution in [-0.2, 0) is 4.79 Å². The van der Waals surface area contributed by atoms with Gasteiger partial charge in [-0.3, -0.25) is 24.6 Å². The normalized spacial score (nSPS) is 10.5. The van der Waals surface area contributed by atoms with E-state index < -0.39 is 17.9 Å². The summed E-state index contributed by atoms with van der Waals surface area (Å²) in [5.41, 5.74) is 8.98. The molecule has 0 saturated heterocycles. The average Bonchev–Trinajstić information content (AvgIpc) is 2.84. The van der Waals surface area contributed by atoms with Crippen LogP contribution in [0, 0.1) is 23.7 Å². The minimum absolute atomic E-state index is 0.163. The van der Waals surface area contributed by atoms with Crippen molar-refractivity contribution >= 4 is 17.7 Å². The number of rotatable bonds is 6. The van der Waals surface area contributed by atoms with E-state index in [1.165, 1.54) is 5.48 Å². The third-order valence-corrected chi connectivity index (χ3v) is 4.32. The van der Waals surface area contributed by atoms with Crippen LogP contribution in [0.5, 0.6) is 0 Å². The Kier molecular flexibility index (Phi) is 8.96. The van der Waals surface area contributed by atoms with Crippen LogP contribution in [0.4, 0.5) is 0 Å². The fourth-order valence-corrected chi connectivity index (χ4v) is 2.47. The van der Waals surface area contributed by atoms with Crippen LogP contribution < -0.4 is 22.4 Å². The van der Waals surface area contributed by atoms with Crippen LogP contribution in [0.15, 0.2) is 48.5 Å². The standard InChI is InChI=1S/C23H23N5O4/c1-2-28(25)23(31)19-13-9-17(10-14-19)6-4-3-5-16-7-11-18(12-8-16)21(29)26-20(15-24)22(30)27-32/h7-14,20,32H,2,15,24-25H2,1H3,(H,26,29)(H,27,30). The molecule has 7 N–H and O–H groups in total. The van der Waals surface area contributed by atoms with Crippen LogP contribution in [-0.4, -0.2) is 47.1 Å². The first kappa shape index (κ1) is 24.1. The first-order valence-electron chi connectivity index (χ1n) is 9.63. The minimum Gasteiger partial charge on any atom is -0.339 e. The molecule has 0 fully saturated rings. The van der Waals surface area contributed by atoms with Crippen LogP contribution in [0.1, 0.15) is 38.8 Å². The van der Waals surface area contributed by atoms with E-state index in [1.807, 2.05) is 0 Å². The number of carbonyl (C=O) groups excluding carboxylic acids is 3. The number of hydrogen-bond donors (Lipinski definition) is 5. The van der Waals surface area contributed by atoms with Crippen molar-refractivity contribution in [3.8, 4) is 23.7 Å². The van der Waals surface area contributed by atoms with Crippen LogP contribution >= 0.6 is 0 Å². The fraction of sp³-hybridized carbons (Fsp3) is 0.174. The van der Waals surface area contributed by atoms with Gasteiger partial charge in [0.1, 0.15) is 6.04 Å². The van der Waals surface area contributed by atoms with Gasteiger partial charge in [-0.05, 0) is 67.3 Å². The van der Waals surface area contributed by atoms with Gasteiger partial charge in [0.25, 0.3) is 17.7 Å². The van der Waals surface area contributed by atoms with Gasteiger partial charge in [-0.15, -0.1) is 0 Å². The van der Waals surface area contributed by atoms with Crippen molar-refractivity contribution < 1.29 is 19.6 Å². The second-order valence-electron chi connectivity index (χ2n) is 6.48. The number of benzene rings is 2. The molecule has 0 spiro atoms. The van der Waals surface area contributed by atoms with Gasteiger partial charge in [-0.2, -0.15) is 0 Å². The van der Waals surface area contributed by atoms with Crippen molar-refractivity contribution in [2.75, 3.05) is 13.1 Å². The lowest BCUT2D eigenvalue weighted by Crippen LogP contribution is -2.50. The maximum Gasteiger partial charge on any atom is 0.267 e. The highest BCUT2D eigenvalue weighted by Gasteiger charge is 2.19. The lowest BCUT2D eigenvalue weighted by molar-refractivity contribution is -0.130. The smallest absolute Gasteiger partial charge is 0.267 e. The number of carbonyl (C=O) groups is 3. The Hall–Kier alpha value is -4.15. The maximum atomic E-state index is 12.2. The summed E-state index contributed by atoms with van der Waals surface area (Å²) >= 11 is 0. The van der Waals surface area contributed by atoms with E-state index in [-0.39, 0.29) is 12.5 Å². The molecule has 0 bridgehead atoms. The molecular weight excluding hydrogens is 410 g/mol. The van der Waals surface area contributed by atoms with Crippen LogP contribution in [0.25, 0.3) is 0 Å². The number of nitrogens with two attached hydrogens (primary N) is 2. The molecule has 2 rings (SSSR count). The average molecular weight is 433 g/mol. The first-order chi connectivity index (χ1) is 15.4. The van der Waals surface area contributed by atoms with Crippen LogP contribution in [0.3, 0.4) is 0 Å². The van der Waals surface area contributed by atoms with Crippen molar-refractivity contribution in [3.05, 3.63) is 70.8 Å². The predicted octanol–water partition coefficient (Wildman–Crippen LogP) is -0.0119. The van der Waals surface area contributed by atoms with Crippen molar-refractivity contribution in [3.63, 3.8) is 0 Å². The highest BCUT2D eigenvalue weighted by atomic mass is 16.5. The Bertz CT molecular complexity index is 1090. The van der Waals surface area contributed by atoms with E-state index in [2.05, 4.69) is 29.0 Å². The highest BCUT2D eigenvalue weighted by Crippen LogP contribution is 2.06. The number of nitrogens with one attached hydrogen (secondary N) is 2. The third kappa shape index (κ3) is 6.69. The molecule has 9 heteroatoms. The van der Waals surface area contributed by atoms with Crippen molar-refractivity contribution in [1.29, 1.82) is 0 Å². The van der Waals surface area contributed by atoms with Gasteiger partial charge in [-0.25, -0.2) is 11.3 Å². The summed E-state index contributed by atoms with van der Waals surface area (Å²) in [6.07, 6.45) is 0. The van der Waals surface area contributed by atoms with E-state index in [0.29, 0.717) is 28.8 Å². The SMILES string of the molecule is CCN(N)C(=O)c1ccc(C#CC#Cc2ccc(C(=O)NC(CN)C(=O)NO)cc2)cc1. The number of nitrogens with zero attached hydrogens (tertiary/aromatic N) is 1. The summed E-state index contributed by atoms with van der Waals surface area (Å²) in [5.74, 6) is 15.2. The maximum absolute atomic E-state index is 12.2. The molecular formula is C23H23N5O4. The molecule has 1 unspecified atom stereocenters. The van der Waals surface area contributed by atoms with E-state index in [0.717, 1.165) is 5.01 Å². The molecule has 0 aliphatic rings. The monoisotopic (exact) mass is 433 g/mol. The molecule has 0 heterocycles. The third-order valence-electron chi connectivity index (χ3n) is 4.32. The molecule has 2 aromatic carbocycles. The Morgan fingerprint density at radius 2 is 1.47 bits per heavy atom. The summed E-state index contributed by atoms with van der Waals surface area (Å²) in [4.78, 5) is 35.5. The second kappa shape index (κ2) is 11.9. The summed E-state index contributed by atoms with van der Waals surface area (Å²) < 4.78 is 0. The second-order valence-corrected chi connectivity index (χ2v) is 6.48. The highest BCUT2D eigenvalue weighted by molar-refractivity contribution is 5.97. The number of hydrogen-bond acceptors (Lipinski definition) is 6. The van der Waals surface area contributed by atoms with Gasteiger partial charge in [0.15, 0.2) is 0 Å². The molecule has 32 heavy (non-hydrogen) atoms. The lowest BCUT2D eigenvalue weighted by atomic mass is 10.1. The van der Waals surface area contributed by atoms with Gasteiger partial charge in [-0.1, -0.05) is 11.8 Å². The zero-order valence-electron chi connectivity index (χ0n) is 17.4. The Morgan fingerprint density at radius 3 is 1.91 bits per heavy atom. The molecule has 1 atom stereocenters. The topological polar surface area (TPSA) is 151 Å². The summed E-state index contributed by atoms with van der Waals surface area (Å²) in [5, 5.41) is 12.2. The Balaban J connectivity index is 1.99. The zero-order valence-corrected chi connectivity index (χ0v) is 17.4. The molecule has 2 aromatic rings. The molecule has 0 aromatic heterocycles. The van der Waals surface area contributed by atoms with E-state index in [1.54, 1.807) is 55.5 Å². The van der Waals surface area contributed by atoms with E-state index in [9.17, 15) is 14.4 Å². The molecule has 9 nitrogen and oxygen atoms in total. The Morgan fingerprint density at radius 1 is 0.969 bits per heavy atom. The van der Waals surface area contributed by atoms with Gasteiger partial charge >= 0.3 is 0 Å². The molecule has 0 saturated carbocycles. The number of hydrazine groups is 1. The zero-order chi connectivity index (χ0) is 23.5. The fourth-order valence-electron chi connectivity index (χ4n) is 2.47. The lowest BCUT2D eigenvalue weighted by Gasteiger charge is -2.14. The first-order valence-corrected chi connectivity index (χ1v) is 9.63. The molecule has 0 aliphatic heterocycles. The largest absolute Gasteiger partial charge is 0.339 e. The molecule has 3 amide bonds. The minimum atomic E-state index is -1.05. The van der Waals surface area contributed by atoms with Crippen molar-refractivity contribution in [1.82, 2.24) is 15.8 Å². The van der Waals surface area contributed by atoms with Gasteiger partial charge in [0.2, 0.25) is 0 Å². The number of amides is 3. The molecule has 0 aliphatic carbocycles. The van der Waals surface area contributed by atoms with Gasteiger partial charge in [0, 0.05) is 35.3 Å². The van der Waals surface area contributed by atoms with Crippen molar-refractivity contribution in [2.24, 2.45) is 11.6 Å². The summed E-state index contributed by atoms with van der Waals surface area (Å²) in [6, 6.07) is 12.1. The van der Waals surface area contributed by atoms with Crippen LogP contribution in [0.2, 0.25) is 0 Å². The van der Waals surface area contributed by atoms with Gasteiger partial charge < -0.3 is 11.1 Å². The van der Waals surface area contributed by atoms with E-state index in [4.69, 9.17) is 16.8 Å². The Labute approximate surface area is 185 Å². The summed E-state index contributed by atoms with van der Waals surface area (Å²) in [6.45, 7) is 2.04. The van der Waals surface area contributed by atoms with Gasteiger partial charge in [0.05, 0.1) is 0 Å². The predicted molar refractivity (Wildman–Crippen MR) is 118 cm³/mol. The molecule has 0 radical (unpaired) electrons. The van der Waals surface area contributed by atoms with E-state index >= 15 is 0 Å². The van der Waals surface area contributed by atoms with Crippen molar-refractivity contribution in [2.45, 2.75) is 13.0 Å². The quantitative estimate of drug-likeness (QED) is 0.142. The summed E-state index contributed by atoms with van der Waals surface area (Å²) in [7, 11) is 0. The number of hydroxylamine groups is 1. The molecule has 164 valence electrons.